The summed E-state index contributed by atoms with van der Waals surface area (Å²) in [6.07, 6.45) is 3.66. The highest BCUT2D eigenvalue weighted by atomic mass is 16.5. The van der Waals surface area contributed by atoms with Gasteiger partial charge in [0.1, 0.15) is 18.0 Å². The maximum atomic E-state index is 12.7. The third-order valence-corrected chi connectivity index (χ3v) is 4.68. The Morgan fingerprint density at radius 1 is 1.23 bits per heavy atom. The quantitative estimate of drug-likeness (QED) is 0.788. The molecule has 1 fully saturated rings. The highest BCUT2D eigenvalue weighted by Crippen LogP contribution is 2.28. The number of carbonyl (C=O) groups excluding carboxylic acids is 1. The fourth-order valence-electron chi connectivity index (χ4n) is 3.00. The topological polar surface area (TPSA) is 73.8 Å². The SMILES string of the molecule is COc1ncc(C(=O)N2CC[C@](COc3ccccc3C)(OC)C2)cn1. The number of aryl methyl sites for hydroxylation is 1. The molecule has 1 saturated heterocycles. The van der Waals surface area contributed by atoms with Gasteiger partial charge in [0.05, 0.1) is 19.2 Å². The zero-order valence-corrected chi connectivity index (χ0v) is 15.3. The van der Waals surface area contributed by atoms with Crippen molar-refractivity contribution in [3.05, 3.63) is 47.8 Å². The fraction of sp³-hybridized carbons (Fsp3) is 0.421. The van der Waals surface area contributed by atoms with Gasteiger partial charge in [-0.2, -0.15) is 0 Å². The maximum Gasteiger partial charge on any atom is 0.316 e. The minimum absolute atomic E-state index is 0.123. The van der Waals surface area contributed by atoms with E-state index in [1.807, 2.05) is 31.2 Å². The zero-order chi connectivity index (χ0) is 18.6. The Hall–Kier alpha value is -2.67. The summed E-state index contributed by atoms with van der Waals surface area (Å²) in [4.78, 5) is 22.4. The van der Waals surface area contributed by atoms with Crippen LogP contribution in [0.4, 0.5) is 0 Å². The number of methoxy groups -OCH3 is 2. The Kier molecular flexibility index (Phi) is 5.37. The summed E-state index contributed by atoms with van der Waals surface area (Å²) < 4.78 is 16.6. The second kappa shape index (κ2) is 7.70. The summed E-state index contributed by atoms with van der Waals surface area (Å²) in [5, 5.41) is 0. The van der Waals surface area contributed by atoms with Gasteiger partial charge in [0.15, 0.2) is 0 Å². The van der Waals surface area contributed by atoms with E-state index in [2.05, 4.69) is 9.97 Å². The number of hydrogen-bond donors (Lipinski definition) is 0. The van der Waals surface area contributed by atoms with Crippen LogP contribution in [0.2, 0.25) is 0 Å². The van der Waals surface area contributed by atoms with Gasteiger partial charge in [-0.25, -0.2) is 9.97 Å². The molecule has 1 aliphatic rings. The number of benzene rings is 1. The van der Waals surface area contributed by atoms with Gasteiger partial charge < -0.3 is 19.1 Å². The third kappa shape index (κ3) is 3.77. The van der Waals surface area contributed by atoms with Crippen LogP contribution >= 0.6 is 0 Å². The summed E-state index contributed by atoms with van der Waals surface area (Å²) in [5.74, 6) is 0.708. The number of nitrogens with zero attached hydrogens (tertiary/aromatic N) is 3. The van der Waals surface area contributed by atoms with Crippen LogP contribution in [0.3, 0.4) is 0 Å². The minimum Gasteiger partial charge on any atom is -0.490 e. The first kappa shape index (κ1) is 18.1. The number of ether oxygens (including phenoxy) is 3. The molecule has 26 heavy (non-hydrogen) atoms. The highest BCUT2D eigenvalue weighted by molar-refractivity contribution is 5.93. The van der Waals surface area contributed by atoms with E-state index in [-0.39, 0.29) is 11.9 Å². The summed E-state index contributed by atoms with van der Waals surface area (Å²) in [5.41, 5.74) is 0.975. The molecular weight excluding hydrogens is 334 g/mol. The van der Waals surface area contributed by atoms with E-state index in [1.54, 1.807) is 12.0 Å². The van der Waals surface area contributed by atoms with Crippen molar-refractivity contribution in [2.75, 3.05) is 33.9 Å². The van der Waals surface area contributed by atoms with Crippen LogP contribution in [0.5, 0.6) is 11.8 Å². The molecule has 7 nitrogen and oxygen atoms in total. The molecule has 2 aromatic rings. The normalized spacial score (nSPS) is 19.4. The Labute approximate surface area is 152 Å². The smallest absolute Gasteiger partial charge is 0.316 e. The van der Waals surface area contributed by atoms with Gasteiger partial charge in [0.25, 0.3) is 5.91 Å². The Balaban J connectivity index is 1.66. The summed E-state index contributed by atoms with van der Waals surface area (Å²) in [6.45, 7) is 3.44. The largest absolute Gasteiger partial charge is 0.490 e. The van der Waals surface area contributed by atoms with Crippen molar-refractivity contribution in [1.29, 1.82) is 0 Å². The molecule has 1 atom stereocenters. The monoisotopic (exact) mass is 357 g/mol. The lowest BCUT2D eigenvalue weighted by Crippen LogP contribution is -2.42. The van der Waals surface area contributed by atoms with Crippen LogP contribution in [0, 0.1) is 6.92 Å². The average Bonchev–Trinajstić information content (AvgIpc) is 3.12. The van der Waals surface area contributed by atoms with Crippen molar-refractivity contribution < 1.29 is 19.0 Å². The summed E-state index contributed by atoms with van der Waals surface area (Å²) >= 11 is 0. The molecule has 138 valence electrons. The molecule has 0 bridgehead atoms. The van der Waals surface area contributed by atoms with Gasteiger partial charge in [0.2, 0.25) is 0 Å². The summed E-state index contributed by atoms with van der Waals surface area (Å²) in [7, 11) is 3.14. The number of hydrogen-bond acceptors (Lipinski definition) is 6. The molecule has 0 N–H and O–H groups in total. The van der Waals surface area contributed by atoms with E-state index in [1.165, 1.54) is 19.5 Å². The van der Waals surface area contributed by atoms with E-state index in [0.717, 1.165) is 11.3 Å². The van der Waals surface area contributed by atoms with Crippen molar-refractivity contribution >= 4 is 5.91 Å². The van der Waals surface area contributed by atoms with Crippen LogP contribution < -0.4 is 9.47 Å². The molecule has 1 aromatic carbocycles. The van der Waals surface area contributed by atoms with Gasteiger partial charge in [-0.05, 0) is 25.0 Å². The molecule has 0 radical (unpaired) electrons. The molecule has 0 spiro atoms. The van der Waals surface area contributed by atoms with E-state index in [0.29, 0.717) is 31.7 Å². The molecule has 2 heterocycles. The molecular formula is C19H23N3O4. The van der Waals surface area contributed by atoms with Crippen LogP contribution in [0.25, 0.3) is 0 Å². The lowest BCUT2D eigenvalue weighted by atomic mass is 10.0. The second-order valence-electron chi connectivity index (χ2n) is 6.38. The minimum atomic E-state index is -0.523. The number of amides is 1. The first-order valence-electron chi connectivity index (χ1n) is 8.46. The average molecular weight is 357 g/mol. The van der Waals surface area contributed by atoms with Gasteiger partial charge >= 0.3 is 6.01 Å². The van der Waals surface area contributed by atoms with Crippen LogP contribution in [0.15, 0.2) is 36.7 Å². The standard InChI is InChI=1S/C19H23N3O4/c1-14-6-4-5-7-16(14)26-13-19(25-3)8-9-22(12-19)17(23)15-10-20-18(24-2)21-11-15/h4-7,10-11H,8-9,12-13H2,1-3H3/t19-/m0/s1. The van der Waals surface area contributed by atoms with Crippen LogP contribution in [-0.2, 0) is 4.74 Å². The van der Waals surface area contributed by atoms with E-state index in [9.17, 15) is 4.79 Å². The first-order valence-corrected chi connectivity index (χ1v) is 8.46. The number of aromatic nitrogens is 2. The third-order valence-electron chi connectivity index (χ3n) is 4.68. The number of carbonyl (C=O) groups is 1. The zero-order valence-electron chi connectivity index (χ0n) is 15.3. The Bertz CT molecular complexity index is 766. The lowest BCUT2D eigenvalue weighted by Gasteiger charge is -2.28. The van der Waals surface area contributed by atoms with Crippen molar-refractivity contribution in [2.45, 2.75) is 18.9 Å². The van der Waals surface area contributed by atoms with Crippen molar-refractivity contribution in [3.8, 4) is 11.8 Å². The lowest BCUT2D eigenvalue weighted by molar-refractivity contribution is -0.0344. The van der Waals surface area contributed by atoms with E-state index >= 15 is 0 Å². The Morgan fingerprint density at radius 2 is 1.96 bits per heavy atom. The molecule has 1 amide bonds. The molecule has 7 heteroatoms. The van der Waals surface area contributed by atoms with Gasteiger partial charge in [0, 0.05) is 26.0 Å². The molecule has 0 saturated carbocycles. The van der Waals surface area contributed by atoms with Crippen molar-refractivity contribution in [2.24, 2.45) is 0 Å². The van der Waals surface area contributed by atoms with Gasteiger partial charge in [-0.1, -0.05) is 18.2 Å². The number of rotatable bonds is 6. The fourth-order valence-corrected chi connectivity index (χ4v) is 3.00. The predicted molar refractivity (Wildman–Crippen MR) is 95.5 cm³/mol. The van der Waals surface area contributed by atoms with Crippen molar-refractivity contribution in [3.63, 3.8) is 0 Å². The predicted octanol–water partition coefficient (Wildman–Crippen LogP) is 2.10. The first-order chi connectivity index (χ1) is 12.6. The number of likely N-dealkylation sites (tertiary alicyclic amines) is 1. The van der Waals surface area contributed by atoms with Crippen LogP contribution in [0.1, 0.15) is 22.3 Å². The van der Waals surface area contributed by atoms with E-state index in [4.69, 9.17) is 14.2 Å². The van der Waals surface area contributed by atoms with Crippen molar-refractivity contribution in [1.82, 2.24) is 14.9 Å². The van der Waals surface area contributed by atoms with E-state index < -0.39 is 5.60 Å². The molecule has 0 aliphatic carbocycles. The van der Waals surface area contributed by atoms with Gasteiger partial charge in [-0.15, -0.1) is 0 Å². The Morgan fingerprint density at radius 3 is 2.62 bits per heavy atom. The summed E-state index contributed by atoms with van der Waals surface area (Å²) in [6, 6.07) is 8.09. The second-order valence-corrected chi connectivity index (χ2v) is 6.38. The number of para-hydroxylation sites is 1. The molecule has 0 unspecified atom stereocenters. The maximum absolute atomic E-state index is 12.7. The molecule has 3 rings (SSSR count). The van der Waals surface area contributed by atoms with Gasteiger partial charge in [-0.3, -0.25) is 4.79 Å². The highest BCUT2D eigenvalue weighted by Gasteiger charge is 2.41. The molecule has 1 aliphatic heterocycles. The van der Waals surface area contributed by atoms with Crippen LogP contribution in [-0.4, -0.2) is 60.3 Å². The molecule has 1 aromatic heterocycles.